The number of ether oxygens (including phenoxy) is 1. The van der Waals surface area contributed by atoms with Crippen molar-refractivity contribution in [2.75, 3.05) is 13.2 Å². The summed E-state index contributed by atoms with van der Waals surface area (Å²) in [4.78, 5) is 10.3. The highest BCUT2D eigenvalue weighted by Gasteiger charge is 2.28. The average Bonchev–Trinajstić information content (AvgIpc) is 2.18. The van der Waals surface area contributed by atoms with Gasteiger partial charge in [-0.05, 0) is 39.2 Å². The maximum absolute atomic E-state index is 10.3. The fraction of sp³-hybridized carbons (Fsp3) is 0.917. The Bertz CT molecular complexity index is 202. The molecule has 1 aliphatic carbocycles. The van der Waals surface area contributed by atoms with E-state index in [1.807, 2.05) is 6.92 Å². The summed E-state index contributed by atoms with van der Waals surface area (Å²) in [5, 5.41) is 11.9. The molecule has 1 aliphatic rings. The highest BCUT2D eigenvalue weighted by atomic mass is 16.5. The van der Waals surface area contributed by atoms with Gasteiger partial charge in [-0.15, -0.1) is 0 Å². The van der Waals surface area contributed by atoms with Crippen LogP contribution in [0.5, 0.6) is 0 Å². The van der Waals surface area contributed by atoms with Crippen LogP contribution in [0.3, 0.4) is 0 Å². The zero-order chi connectivity index (χ0) is 11.8. The molecule has 1 rings (SSSR count). The average molecular weight is 229 g/mol. The molecule has 16 heavy (non-hydrogen) atoms. The summed E-state index contributed by atoms with van der Waals surface area (Å²) in [6, 6.07) is 0.621. The Balaban J connectivity index is 1.81. The molecule has 1 fully saturated rings. The van der Waals surface area contributed by atoms with E-state index in [-0.39, 0.29) is 0 Å². The van der Waals surface area contributed by atoms with Gasteiger partial charge in [0.2, 0.25) is 0 Å². The van der Waals surface area contributed by atoms with E-state index in [0.29, 0.717) is 18.6 Å². The second-order valence-electron chi connectivity index (χ2n) is 4.40. The monoisotopic (exact) mass is 229 g/mol. The van der Waals surface area contributed by atoms with Crippen LogP contribution in [0.15, 0.2) is 0 Å². The van der Waals surface area contributed by atoms with Crippen LogP contribution >= 0.6 is 0 Å². The molecule has 0 aromatic carbocycles. The largest absolute Gasteiger partial charge is 0.481 e. The first-order chi connectivity index (χ1) is 7.72. The van der Waals surface area contributed by atoms with E-state index >= 15 is 0 Å². The highest BCUT2D eigenvalue weighted by molar-refractivity contribution is 5.66. The Hall–Kier alpha value is -0.610. The number of hydrogen-bond donors (Lipinski definition) is 2. The van der Waals surface area contributed by atoms with Crippen molar-refractivity contribution in [2.24, 2.45) is 0 Å². The van der Waals surface area contributed by atoms with Gasteiger partial charge in [-0.2, -0.15) is 0 Å². The van der Waals surface area contributed by atoms with Crippen LogP contribution in [0.4, 0.5) is 0 Å². The minimum absolute atomic E-state index is 0.301. The number of nitrogens with one attached hydrogen (secondary N) is 1. The number of unbranched alkanes of at least 4 members (excludes halogenated alkanes) is 2. The van der Waals surface area contributed by atoms with Gasteiger partial charge in [0.25, 0.3) is 0 Å². The summed E-state index contributed by atoms with van der Waals surface area (Å²) >= 11 is 0. The van der Waals surface area contributed by atoms with Crippen molar-refractivity contribution in [1.82, 2.24) is 5.32 Å². The molecule has 2 N–H and O–H groups in total. The van der Waals surface area contributed by atoms with E-state index in [4.69, 9.17) is 9.84 Å². The summed E-state index contributed by atoms with van der Waals surface area (Å²) in [5.74, 6) is -0.688. The molecule has 0 saturated heterocycles. The Morgan fingerprint density at radius 2 is 2.12 bits per heavy atom. The highest BCUT2D eigenvalue weighted by Crippen LogP contribution is 2.23. The fourth-order valence-corrected chi connectivity index (χ4v) is 1.99. The molecule has 0 radical (unpaired) electrons. The first kappa shape index (κ1) is 13.5. The first-order valence-electron chi connectivity index (χ1n) is 6.29. The van der Waals surface area contributed by atoms with Crippen LogP contribution in [0.2, 0.25) is 0 Å². The molecule has 0 aliphatic heterocycles. The van der Waals surface area contributed by atoms with E-state index in [1.165, 1.54) is 0 Å². The normalized spacial score (nSPS) is 24.1. The van der Waals surface area contributed by atoms with E-state index in [1.54, 1.807) is 0 Å². The minimum Gasteiger partial charge on any atom is -0.481 e. The van der Waals surface area contributed by atoms with Crippen molar-refractivity contribution in [3.63, 3.8) is 0 Å². The predicted molar refractivity (Wildman–Crippen MR) is 62.5 cm³/mol. The number of hydrogen-bond acceptors (Lipinski definition) is 3. The Kier molecular flexibility index (Phi) is 6.42. The van der Waals surface area contributed by atoms with E-state index in [0.717, 1.165) is 45.3 Å². The molecule has 0 amide bonds. The van der Waals surface area contributed by atoms with Gasteiger partial charge in [0.15, 0.2) is 0 Å². The van der Waals surface area contributed by atoms with Crippen molar-refractivity contribution in [3.8, 4) is 0 Å². The topological polar surface area (TPSA) is 58.6 Å². The van der Waals surface area contributed by atoms with Gasteiger partial charge in [-0.3, -0.25) is 4.79 Å². The Labute approximate surface area is 97.4 Å². The Morgan fingerprint density at radius 3 is 2.75 bits per heavy atom. The van der Waals surface area contributed by atoms with Crippen LogP contribution in [-0.4, -0.2) is 36.4 Å². The van der Waals surface area contributed by atoms with Crippen LogP contribution in [-0.2, 0) is 9.53 Å². The molecular formula is C12H23NO3. The summed E-state index contributed by atoms with van der Waals surface area (Å²) < 4.78 is 5.47. The Morgan fingerprint density at radius 1 is 1.38 bits per heavy atom. The third-order valence-electron chi connectivity index (χ3n) is 3.00. The van der Waals surface area contributed by atoms with Gasteiger partial charge < -0.3 is 15.2 Å². The van der Waals surface area contributed by atoms with E-state index < -0.39 is 5.97 Å². The second-order valence-corrected chi connectivity index (χ2v) is 4.40. The quantitative estimate of drug-likeness (QED) is 0.592. The van der Waals surface area contributed by atoms with E-state index in [9.17, 15) is 4.79 Å². The summed E-state index contributed by atoms with van der Waals surface area (Å²) in [5.41, 5.74) is 0. The molecule has 4 nitrogen and oxygen atoms in total. The lowest BCUT2D eigenvalue weighted by Crippen LogP contribution is -2.45. The number of carbonyl (C=O) groups is 1. The summed E-state index contributed by atoms with van der Waals surface area (Å²) in [7, 11) is 0. The molecule has 0 atom stereocenters. The van der Waals surface area contributed by atoms with Crippen molar-refractivity contribution < 1.29 is 14.6 Å². The van der Waals surface area contributed by atoms with Crippen molar-refractivity contribution in [3.05, 3.63) is 0 Å². The molecular weight excluding hydrogens is 206 g/mol. The molecule has 0 unspecified atom stereocenters. The van der Waals surface area contributed by atoms with E-state index in [2.05, 4.69) is 5.32 Å². The standard InChI is InChI=1S/C12H23NO3/c1-2-16-11-8-10(9-11)13-7-5-3-4-6-12(14)15/h10-11,13H,2-9H2,1H3,(H,14,15). The van der Waals surface area contributed by atoms with Crippen LogP contribution < -0.4 is 5.32 Å². The van der Waals surface area contributed by atoms with Gasteiger partial charge >= 0.3 is 5.97 Å². The smallest absolute Gasteiger partial charge is 0.303 e. The van der Waals surface area contributed by atoms with Crippen LogP contribution in [0.1, 0.15) is 45.4 Å². The maximum atomic E-state index is 10.3. The van der Waals surface area contributed by atoms with Crippen molar-refractivity contribution in [1.29, 1.82) is 0 Å². The molecule has 0 heterocycles. The molecule has 1 saturated carbocycles. The molecule has 0 bridgehead atoms. The number of carboxylic acids is 1. The van der Waals surface area contributed by atoms with Crippen molar-refractivity contribution in [2.45, 2.75) is 57.6 Å². The lowest BCUT2D eigenvalue weighted by atomic mass is 9.89. The number of rotatable bonds is 9. The van der Waals surface area contributed by atoms with Crippen LogP contribution in [0, 0.1) is 0 Å². The predicted octanol–water partition coefficient (Wildman–Crippen LogP) is 1.79. The van der Waals surface area contributed by atoms with Crippen LogP contribution in [0.25, 0.3) is 0 Å². The molecule has 0 spiro atoms. The zero-order valence-electron chi connectivity index (χ0n) is 10.1. The zero-order valence-corrected chi connectivity index (χ0v) is 10.1. The molecule has 0 aromatic heterocycles. The molecule has 4 heteroatoms. The third kappa shape index (κ3) is 5.47. The number of aliphatic carboxylic acids is 1. The van der Waals surface area contributed by atoms with Gasteiger partial charge in [0.1, 0.15) is 0 Å². The molecule has 94 valence electrons. The summed E-state index contributed by atoms with van der Waals surface area (Å²) in [6.07, 6.45) is 5.89. The SMILES string of the molecule is CCOC1CC(NCCCCCC(=O)O)C1. The molecule has 0 aromatic rings. The number of carboxylic acid groups (broad SMARTS) is 1. The lowest BCUT2D eigenvalue weighted by Gasteiger charge is -2.35. The summed E-state index contributed by atoms with van der Waals surface area (Å²) in [6.45, 7) is 3.85. The second kappa shape index (κ2) is 7.63. The van der Waals surface area contributed by atoms with Gasteiger partial charge in [0.05, 0.1) is 6.10 Å². The fourth-order valence-electron chi connectivity index (χ4n) is 1.99. The third-order valence-corrected chi connectivity index (χ3v) is 3.00. The first-order valence-corrected chi connectivity index (χ1v) is 6.29. The van der Waals surface area contributed by atoms with Gasteiger partial charge in [0, 0.05) is 19.1 Å². The lowest BCUT2D eigenvalue weighted by molar-refractivity contribution is -0.137. The van der Waals surface area contributed by atoms with Crippen molar-refractivity contribution >= 4 is 5.97 Å². The minimum atomic E-state index is -0.688. The van der Waals surface area contributed by atoms with Gasteiger partial charge in [-0.1, -0.05) is 6.42 Å². The maximum Gasteiger partial charge on any atom is 0.303 e. The van der Waals surface area contributed by atoms with Gasteiger partial charge in [-0.25, -0.2) is 0 Å².